The molecule has 5 rings (SSSR count). The van der Waals surface area contributed by atoms with E-state index in [0.717, 1.165) is 19.3 Å². The lowest BCUT2D eigenvalue weighted by molar-refractivity contribution is 0.787. The number of hydrogen-bond donors (Lipinski definition) is 2. The summed E-state index contributed by atoms with van der Waals surface area (Å²) in [5, 5.41) is 2.67. The summed E-state index contributed by atoms with van der Waals surface area (Å²) in [6, 6.07) is 21.7. The molecular weight excluding hydrogens is 366 g/mol. The Morgan fingerprint density at radius 1 is 0.733 bits per heavy atom. The maximum atomic E-state index is 4.28. The van der Waals surface area contributed by atoms with Crippen molar-refractivity contribution in [2.45, 2.75) is 39.0 Å². The summed E-state index contributed by atoms with van der Waals surface area (Å²) in [5.41, 5.74) is 9.29. The van der Waals surface area contributed by atoms with Gasteiger partial charge in [0.2, 0.25) is 0 Å². The zero-order valence-corrected chi connectivity index (χ0v) is 17.6. The third-order valence-electron chi connectivity index (χ3n) is 6.30. The Morgan fingerprint density at radius 2 is 1.33 bits per heavy atom. The molecule has 0 radical (unpaired) electrons. The number of nitrogens with zero attached hydrogens (tertiary/aromatic N) is 1. The topological polar surface area (TPSA) is 44.5 Å². The highest BCUT2D eigenvalue weighted by molar-refractivity contribution is 5.87. The lowest BCUT2D eigenvalue weighted by Crippen LogP contribution is -2.08. The van der Waals surface area contributed by atoms with Crippen LogP contribution in [0.5, 0.6) is 0 Å². The fourth-order valence-corrected chi connectivity index (χ4v) is 4.87. The molecule has 0 saturated carbocycles. The van der Waals surface area contributed by atoms with Crippen LogP contribution in [0.1, 0.15) is 47.8 Å². The lowest BCUT2D eigenvalue weighted by Gasteiger charge is -2.20. The molecule has 3 nitrogen and oxygen atoms in total. The molecule has 3 heteroatoms. The molecule has 1 atom stereocenters. The van der Waals surface area contributed by atoms with Gasteiger partial charge >= 0.3 is 0 Å². The van der Waals surface area contributed by atoms with Crippen LogP contribution in [0.2, 0.25) is 0 Å². The van der Waals surface area contributed by atoms with Crippen molar-refractivity contribution in [1.29, 1.82) is 0 Å². The molecule has 0 aliphatic carbocycles. The predicted molar refractivity (Wildman–Crippen MR) is 125 cm³/mol. The van der Waals surface area contributed by atoms with E-state index in [1.54, 1.807) is 0 Å². The molecule has 0 bridgehead atoms. The molecule has 0 fully saturated rings. The SMILES string of the molecule is CCc1[nH]c2ccccc2c1CC(c1ccncc1)c1c(CC)[nH]c2ccccc12. The molecule has 0 aliphatic rings. The Kier molecular flexibility index (Phi) is 4.88. The van der Waals surface area contributed by atoms with Gasteiger partial charge in [-0.1, -0.05) is 50.2 Å². The van der Waals surface area contributed by atoms with Gasteiger partial charge in [0.1, 0.15) is 0 Å². The number of para-hydroxylation sites is 2. The molecule has 3 aromatic heterocycles. The maximum Gasteiger partial charge on any atom is 0.0459 e. The Labute approximate surface area is 177 Å². The molecule has 2 N–H and O–H groups in total. The second kappa shape index (κ2) is 7.83. The summed E-state index contributed by atoms with van der Waals surface area (Å²) in [6.07, 6.45) is 6.78. The van der Waals surface area contributed by atoms with Gasteiger partial charge in [-0.05, 0) is 60.2 Å². The van der Waals surface area contributed by atoms with Crippen molar-refractivity contribution >= 4 is 21.8 Å². The van der Waals surface area contributed by atoms with Crippen LogP contribution in [0.25, 0.3) is 21.8 Å². The van der Waals surface area contributed by atoms with E-state index in [4.69, 9.17) is 0 Å². The van der Waals surface area contributed by atoms with Gasteiger partial charge in [-0.2, -0.15) is 0 Å². The molecule has 1 unspecified atom stereocenters. The standard InChI is InChI=1S/C27H27N3/c1-3-23-22(19-9-5-7-11-25(19)29-23)17-21(18-13-15-28-16-14-18)27-20-10-6-8-12-26(20)30-24(27)4-2/h5-16,21,29-30H,3-4,17H2,1-2H3. The summed E-state index contributed by atoms with van der Waals surface area (Å²) in [4.78, 5) is 11.6. The van der Waals surface area contributed by atoms with Crippen LogP contribution < -0.4 is 0 Å². The van der Waals surface area contributed by atoms with Crippen molar-refractivity contribution in [3.63, 3.8) is 0 Å². The Bertz CT molecular complexity index is 1290. The first-order chi connectivity index (χ1) is 14.8. The van der Waals surface area contributed by atoms with Gasteiger partial charge in [-0.25, -0.2) is 0 Å². The second-order valence-electron chi connectivity index (χ2n) is 7.93. The average molecular weight is 394 g/mol. The van der Waals surface area contributed by atoms with Crippen molar-refractivity contribution in [2.75, 3.05) is 0 Å². The number of nitrogens with one attached hydrogen (secondary N) is 2. The number of aryl methyl sites for hydroxylation is 2. The van der Waals surface area contributed by atoms with Gasteiger partial charge in [0.05, 0.1) is 0 Å². The first kappa shape index (κ1) is 18.7. The quantitative estimate of drug-likeness (QED) is 0.338. The van der Waals surface area contributed by atoms with Crippen LogP contribution in [0, 0.1) is 0 Å². The van der Waals surface area contributed by atoms with E-state index in [0.29, 0.717) is 0 Å². The minimum Gasteiger partial charge on any atom is -0.358 e. The predicted octanol–water partition coefficient (Wildman–Crippen LogP) is 6.54. The fourth-order valence-electron chi connectivity index (χ4n) is 4.87. The highest BCUT2D eigenvalue weighted by Gasteiger charge is 2.24. The molecule has 30 heavy (non-hydrogen) atoms. The number of hydrogen-bond acceptors (Lipinski definition) is 1. The molecule has 0 saturated heterocycles. The van der Waals surface area contributed by atoms with E-state index in [1.165, 1.54) is 49.9 Å². The molecule has 3 heterocycles. The number of aromatic nitrogens is 3. The van der Waals surface area contributed by atoms with Gasteiger partial charge in [-0.3, -0.25) is 4.98 Å². The number of fused-ring (bicyclic) bond motifs is 2. The normalized spacial score (nSPS) is 12.6. The van der Waals surface area contributed by atoms with E-state index >= 15 is 0 Å². The van der Waals surface area contributed by atoms with Crippen LogP contribution in [0.3, 0.4) is 0 Å². The van der Waals surface area contributed by atoms with Crippen LogP contribution >= 0.6 is 0 Å². The summed E-state index contributed by atoms with van der Waals surface area (Å²) < 4.78 is 0. The van der Waals surface area contributed by atoms with Gasteiger partial charge < -0.3 is 9.97 Å². The smallest absolute Gasteiger partial charge is 0.0459 e. The Balaban J connectivity index is 1.73. The van der Waals surface area contributed by atoms with E-state index in [-0.39, 0.29) is 5.92 Å². The second-order valence-corrected chi connectivity index (χ2v) is 7.93. The third-order valence-corrected chi connectivity index (χ3v) is 6.30. The van der Waals surface area contributed by atoms with E-state index < -0.39 is 0 Å². The average Bonchev–Trinajstić information content (AvgIpc) is 3.35. The molecular formula is C27H27N3. The van der Waals surface area contributed by atoms with Gasteiger partial charge in [0.25, 0.3) is 0 Å². The molecule has 0 aliphatic heterocycles. The molecule has 150 valence electrons. The lowest BCUT2D eigenvalue weighted by atomic mass is 9.83. The Morgan fingerprint density at radius 3 is 2.03 bits per heavy atom. The van der Waals surface area contributed by atoms with Crippen molar-refractivity contribution in [3.05, 3.63) is 101 Å². The van der Waals surface area contributed by atoms with Crippen LogP contribution in [0.15, 0.2) is 73.1 Å². The molecule has 0 spiro atoms. The van der Waals surface area contributed by atoms with E-state index in [9.17, 15) is 0 Å². The van der Waals surface area contributed by atoms with Crippen molar-refractivity contribution in [3.8, 4) is 0 Å². The van der Waals surface area contributed by atoms with E-state index in [2.05, 4.69) is 89.5 Å². The van der Waals surface area contributed by atoms with Gasteiger partial charge in [0, 0.05) is 51.5 Å². The fraction of sp³-hybridized carbons (Fsp3) is 0.222. The number of rotatable bonds is 6. The van der Waals surface area contributed by atoms with E-state index in [1.807, 2.05) is 12.4 Å². The van der Waals surface area contributed by atoms with Crippen LogP contribution in [-0.4, -0.2) is 15.0 Å². The number of H-pyrrole nitrogens is 2. The third kappa shape index (κ3) is 3.11. The monoisotopic (exact) mass is 393 g/mol. The Hall–Kier alpha value is -3.33. The molecule has 5 aromatic rings. The minimum absolute atomic E-state index is 0.267. The summed E-state index contributed by atoms with van der Waals surface area (Å²) in [5.74, 6) is 0.267. The minimum atomic E-state index is 0.267. The first-order valence-electron chi connectivity index (χ1n) is 10.9. The van der Waals surface area contributed by atoms with Gasteiger partial charge in [-0.15, -0.1) is 0 Å². The number of pyridine rings is 1. The highest BCUT2D eigenvalue weighted by atomic mass is 14.7. The van der Waals surface area contributed by atoms with Crippen LogP contribution in [0.4, 0.5) is 0 Å². The number of benzene rings is 2. The molecule has 2 aromatic carbocycles. The summed E-state index contributed by atoms with van der Waals surface area (Å²) in [6.45, 7) is 4.47. The first-order valence-corrected chi connectivity index (χ1v) is 10.9. The zero-order valence-electron chi connectivity index (χ0n) is 17.6. The zero-order chi connectivity index (χ0) is 20.5. The molecule has 0 amide bonds. The summed E-state index contributed by atoms with van der Waals surface area (Å²) in [7, 11) is 0. The van der Waals surface area contributed by atoms with Gasteiger partial charge in [0.15, 0.2) is 0 Å². The van der Waals surface area contributed by atoms with Crippen molar-refractivity contribution in [2.24, 2.45) is 0 Å². The van der Waals surface area contributed by atoms with Crippen LogP contribution in [-0.2, 0) is 19.3 Å². The maximum absolute atomic E-state index is 4.28. The summed E-state index contributed by atoms with van der Waals surface area (Å²) >= 11 is 0. The van der Waals surface area contributed by atoms with Crippen molar-refractivity contribution < 1.29 is 0 Å². The largest absolute Gasteiger partial charge is 0.358 e. The highest BCUT2D eigenvalue weighted by Crippen LogP contribution is 2.38. The number of aromatic amines is 2. The van der Waals surface area contributed by atoms with Crippen molar-refractivity contribution in [1.82, 2.24) is 15.0 Å².